The molecule has 1 aliphatic heterocycles. The topological polar surface area (TPSA) is 55.8 Å². The number of ether oxygens (including phenoxy) is 2. The van der Waals surface area contributed by atoms with E-state index >= 15 is 0 Å². The Morgan fingerprint density at radius 3 is 2.36 bits per heavy atom. The summed E-state index contributed by atoms with van der Waals surface area (Å²) in [5.41, 5.74) is 2.96. The molecule has 5 nitrogen and oxygen atoms in total. The van der Waals surface area contributed by atoms with Crippen LogP contribution in [0.3, 0.4) is 0 Å². The summed E-state index contributed by atoms with van der Waals surface area (Å²) in [6, 6.07) is 21.6. The first-order valence-corrected chi connectivity index (χ1v) is 14.0. The number of imide groups is 1. The number of carbonyl (C=O) groups excluding carboxylic acids is 2. The zero-order valence-corrected chi connectivity index (χ0v) is 23.7. The van der Waals surface area contributed by atoms with Crippen molar-refractivity contribution in [3.05, 3.63) is 97.3 Å². The number of carbonyl (C=O) groups is 2. The molecule has 0 aliphatic carbocycles. The van der Waals surface area contributed by atoms with Crippen LogP contribution in [0.15, 0.2) is 80.6 Å². The maximum absolute atomic E-state index is 13.0. The van der Waals surface area contributed by atoms with Crippen LogP contribution in [0.5, 0.6) is 11.5 Å². The van der Waals surface area contributed by atoms with Crippen LogP contribution in [0.2, 0.25) is 0 Å². The van der Waals surface area contributed by atoms with E-state index < -0.39 is 0 Å². The Morgan fingerprint density at radius 1 is 0.917 bits per heavy atom. The molecule has 8 heteroatoms. The molecule has 4 rings (SSSR count). The van der Waals surface area contributed by atoms with Crippen LogP contribution in [0.4, 0.5) is 4.79 Å². The molecule has 0 spiro atoms. The zero-order valence-electron chi connectivity index (χ0n) is 19.7. The van der Waals surface area contributed by atoms with Gasteiger partial charge in [0.15, 0.2) is 11.5 Å². The van der Waals surface area contributed by atoms with Crippen molar-refractivity contribution in [3.8, 4) is 11.5 Å². The third kappa shape index (κ3) is 6.81. The third-order valence-corrected chi connectivity index (χ3v) is 7.64. The summed E-state index contributed by atoms with van der Waals surface area (Å²) < 4.78 is 13.6. The molecule has 1 aliphatic rings. The molecule has 1 saturated heterocycles. The summed E-state index contributed by atoms with van der Waals surface area (Å²) in [5.74, 6) is 0.905. The van der Waals surface area contributed by atoms with Crippen LogP contribution in [-0.2, 0) is 17.8 Å². The van der Waals surface area contributed by atoms with Crippen LogP contribution < -0.4 is 9.47 Å². The number of amides is 2. The molecule has 2 amide bonds. The van der Waals surface area contributed by atoms with E-state index in [4.69, 9.17) is 9.47 Å². The standard InChI is InChI=1S/C28H25Br2NO4S/c1-2-34-24-15-21(23(30)17-25(24)35-18-20-10-12-22(29)13-11-20)16-26-27(32)31(28(33)36-26)14-6-9-19-7-4-3-5-8-19/h3-5,7-8,10-13,15-17H,2,6,9,14,18H2,1H3/b26-16+. The summed E-state index contributed by atoms with van der Waals surface area (Å²) in [6.45, 7) is 3.15. The normalized spacial score (nSPS) is 14.5. The van der Waals surface area contributed by atoms with E-state index in [0.717, 1.165) is 44.7 Å². The molecule has 3 aromatic carbocycles. The zero-order chi connectivity index (χ0) is 25.5. The fraction of sp³-hybridized carbons (Fsp3) is 0.214. The van der Waals surface area contributed by atoms with Gasteiger partial charge in [-0.15, -0.1) is 0 Å². The Hall–Kier alpha value is -2.55. The summed E-state index contributed by atoms with van der Waals surface area (Å²) in [6.07, 6.45) is 3.26. The Labute approximate surface area is 232 Å². The first kappa shape index (κ1) is 26.5. The molecule has 0 N–H and O–H groups in total. The molecule has 0 radical (unpaired) electrons. The molecule has 0 bridgehead atoms. The van der Waals surface area contributed by atoms with Gasteiger partial charge >= 0.3 is 0 Å². The lowest BCUT2D eigenvalue weighted by Gasteiger charge is -2.14. The highest BCUT2D eigenvalue weighted by molar-refractivity contribution is 9.10. The second-order valence-corrected chi connectivity index (χ2v) is 10.9. The molecule has 186 valence electrons. The summed E-state index contributed by atoms with van der Waals surface area (Å²) in [7, 11) is 0. The van der Waals surface area contributed by atoms with Crippen molar-refractivity contribution in [2.45, 2.75) is 26.4 Å². The van der Waals surface area contributed by atoms with Crippen LogP contribution in [0.25, 0.3) is 6.08 Å². The van der Waals surface area contributed by atoms with Crippen molar-refractivity contribution < 1.29 is 19.1 Å². The van der Waals surface area contributed by atoms with Crippen LogP contribution in [0.1, 0.15) is 30.0 Å². The smallest absolute Gasteiger partial charge is 0.293 e. The summed E-state index contributed by atoms with van der Waals surface area (Å²) >= 11 is 7.99. The van der Waals surface area contributed by atoms with Gasteiger partial charge in [0.2, 0.25) is 0 Å². The number of rotatable bonds is 10. The van der Waals surface area contributed by atoms with E-state index in [2.05, 4.69) is 31.9 Å². The molecule has 0 atom stereocenters. The van der Waals surface area contributed by atoms with Gasteiger partial charge in [0.25, 0.3) is 11.1 Å². The second-order valence-electron chi connectivity index (χ2n) is 8.09. The van der Waals surface area contributed by atoms with Gasteiger partial charge in [-0.25, -0.2) is 0 Å². The van der Waals surface area contributed by atoms with Crippen molar-refractivity contribution in [1.82, 2.24) is 4.90 Å². The van der Waals surface area contributed by atoms with Gasteiger partial charge in [-0.3, -0.25) is 14.5 Å². The highest BCUT2D eigenvalue weighted by Crippen LogP contribution is 2.38. The molecular weight excluding hydrogens is 606 g/mol. The largest absolute Gasteiger partial charge is 0.490 e. The van der Waals surface area contributed by atoms with Gasteiger partial charge in [0.1, 0.15) is 6.61 Å². The van der Waals surface area contributed by atoms with Gasteiger partial charge in [-0.05, 0) is 78.6 Å². The highest BCUT2D eigenvalue weighted by Gasteiger charge is 2.34. The monoisotopic (exact) mass is 629 g/mol. The molecular formula is C28H25Br2NO4S. The van der Waals surface area contributed by atoms with Gasteiger partial charge in [0.05, 0.1) is 11.5 Å². The number of hydrogen-bond acceptors (Lipinski definition) is 5. The van der Waals surface area contributed by atoms with Crippen molar-refractivity contribution in [3.63, 3.8) is 0 Å². The molecule has 36 heavy (non-hydrogen) atoms. The second kappa shape index (κ2) is 12.6. The number of aryl methyl sites for hydroxylation is 1. The van der Waals surface area contributed by atoms with Crippen LogP contribution >= 0.6 is 43.6 Å². The van der Waals surface area contributed by atoms with Gasteiger partial charge < -0.3 is 9.47 Å². The molecule has 1 fully saturated rings. The molecule has 0 unspecified atom stereocenters. The van der Waals surface area contributed by atoms with Crippen LogP contribution in [0, 0.1) is 0 Å². The van der Waals surface area contributed by atoms with E-state index in [1.54, 1.807) is 6.08 Å². The van der Waals surface area contributed by atoms with E-state index in [-0.39, 0.29) is 11.1 Å². The maximum atomic E-state index is 13.0. The lowest BCUT2D eigenvalue weighted by Crippen LogP contribution is -2.29. The number of benzene rings is 3. The molecule has 3 aromatic rings. The van der Waals surface area contributed by atoms with E-state index in [9.17, 15) is 9.59 Å². The number of nitrogens with zero attached hydrogens (tertiary/aromatic N) is 1. The first-order valence-electron chi connectivity index (χ1n) is 11.6. The average Bonchev–Trinajstić information content (AvgIpc) is 3.14. The average molecular weight is 631 g/mol. The van der Waals surface area contributed by atoms with Crippen LogP contribution in [-0.4, -0.2) is 29.2 Å². The number of halogens is 2. The minimum Gasteiger partial charge on any atom is -0.490 e. The predicted octanol–water partition coefficient (Wildman–Crippen LogP) is 7.86. The van der Waals surface area contributed by atoms with Gasteiger partial charge in [-0.1, -0.05) is 74.3 Å². The van der Waals surface area contributed by atoms with E-state index in [1.807, 2.05) is 73.7 Å². The lowest BCUT2D eigenvalue weighted by atomic mass is 10.1. The van der Waals surface area contributed by atoms with Crippen molar-refractivity contribution in [2.75, 3.05) is 13.2 Å². The Bertz CT molecular complexity index is 1260. The highest BCUT2D eigenvalue weighted by atomic mass is 79.9. The Morgan fingerprint density at radius 2 is 1.64 bits per heavy atom. The first-order chi connectivity index (χ1) is 17.4. The van der Waals surface area contributed by atoms with Gasteiger partial charge in [0, 0.05) is 15.5 Å². The minimum absolute atomic E-state index is 0.241. The molecule has 0 aromatic heterocycles. The Kier molecular flexibility index (Phi) is 9.29. The van der Waals surface area contributed by atoms with Crippen molar-refractivity contribution >= 4 is 60.8 Å². The molecule has 1 heterocycles. The maximum Gasteiger partial charge on any atom is 0.293 e. The van der Waals surface area contributed by atoms with Crippen molar-refractivity contribution in [1.29, 1.82) is 0 Å². The minimum atomic E-state index is -0.265. The summed E-state index contributed by atoms with van der Waals surface area (Å²) in [4.78, 5) is 27.2. The molecule has 0 saturated carbocycles. The fourth-order valence-corrected chi connectivity index (χ4v) is 5.26. The lowest BCUT2D eigenvalue weighted by molar-refractivity contribution is -0.122. The SMILES string of the molecule is CCOc1cc(/C=C2/SC(=O)N(CCCc3ccccc3)C2=O)c(Br)cc1OCc1ccc(Br)cc1. The predicted molar refractivity (Wildman–Crippen MR) is 151 cm³/mol. The quantitative estimate of drug-likeness (QED) is 0.214. The Balaban J connectivity index is 1.46. The number of hydrogen-bond donors (Lipinski definition) is 0. The fourth-order valence-electron chi connectivity index (χ4n) is 3.70. The summed E-state index contributed by atoms with van der Waals surface area (Å²) in [5, 5.41) is -0.241. The third-order valence-electron chi connectivity index (χ3n) is 5.52. The van der Waals surface area contributed by atoms with E-state index in [1.165, 1.54) is 10.5 Å². The number of thioether (sulfide) groups is 1. The van der Waals surface area contributed by atoms with Crippen molar-refractivity contribution in [2.24, 2.45) is 0 Å². The van der Waals surface area contributed by atoms with Gasteiger partial charge in [-0.2, -0.15) is 0 Å². The van der Waals surface area contributed by atoms with E-state index in [0.29, 0.717) is 36.2 Å².